The highest BCUT2D eigenvalue weighted by Crippen LogP contribution is 2.52. The van der Waals surface area contributed by atoms with Gasteiger partial charge in [-0.3, -0.25) is 14.5 Å². The molecule has 9 nitrogen and oxygen atoms in total. The summed E-state index contributed by atoms with van der Waals surface area (Å²) in [5.74, 6) is -0.671. The lowest BCUT2D eigenvalue weighted by Crippen LogP contribution is -2.32. The average Bonchev–Trinajstić information content (AvgIpc) is 3.23. The van der Waals surface area contributed by atoms with Crippen LogP contribution in [-0.2, 0) is 22.6 Å². The van der Waals surface area contributed by atoms with Gasteiger partial charge in [0.15, 0.2) is 5.78 Å². The Balaban J connectivity index is 1.03. The van der Waals surface area contributed by atoms with Crippen LogP contribution in [0.2, 0.25) is 0 Å². The van der Waals surface area contributed by atoms with Crippen LogP contribution in [0.15, 0.2) is 60.7 Å². The van der Waals surface area contributed by atoms with E-state index in [1.807, 2.05) is 60.1 Å². The Morgan fingerprint density at radius 1 is 0.921 bits per heavy atom. The number of hydrogen-bond acceptors (Lipinski definition) is 7. The van der Waals surface area contributed by atoms with Crippen molar-refractivity contribution in [1.82, 2.24) is 14.8 Å². The van der Waals surface area contributed by atoms with E-state index in [0.717, 1.165) is 27.9 Å². The predicted molar refractivity (Wildman–Crippen MR) is 135 cm³/mol. The number of fused-ring (bicyclic) bond motifs is 8. The van der Waals surface area contributed by atoms with Crippen molar-refractivity contribution in [3.63, 3.8) is 0 Å². The first-order chi connectivity index (χ1) is 18.4. The first-order valence-electron chi connectivity index (χ1n) is 12.5. The number of likely N-dealkylation sites (N-methyl/N-ethyl adjacent to an activating group) is 1. The van der Waals surface area contributed by atoms with Crippen molar-refractivity contribution in [3.8, 4) is 11.1 Å². The van der Waals surface area contributed by atoms with Gasteiger partial charge in [0, 0.05) is 29.8 Å². The Bertz CT molecular complexity index is 1560. The molecule has 0 bridgehead atoms. The normalized spacial score (nSPS) is 21.8. The number of alkyl carbamates (subject to hydrolysis) is 2. The molecule has 2 aliphatic heterocycles. The molecule has 1 N–H and O–H groups in total. The summed E-state index contributed by atoms with van der Waals surface area (Å²) in [6, 6.07) is 16.3. The standard InChI is InChI=1S/C29H23N3O6/c1-31-21-12-32-25(26(21)31)20(24-22(33)10-11-23(34)27(24)32)14-38-29(36)30-28(35)37-13-19-17-8-4-2-6-15(17)16-7-3-5-9-18(16)19/h2-11,19,21,26H,12-14H2,1H3,(H,30,35,36)/t21-,26-,31?/m0/s1. The number of nitrogens with zero attached hydrogens (tertiary/aromatic N) is 2. The number of aromatic nitrogens is 1. The number of ketones is 2. The second-order valence-corrected chi connectivity index (χ2v) is 9.96. The topological polar surface area (TPSA) is 107 Å². The minimum absolute atomic E-state index is 0.0615. The largest absolute Gasteiger partial charge is 0.448 e. The van der Waals surface area contributed by atoms with Crippen molar-refractivity contribution in [2.45, 2.75) is 31.2 Å². The zero-order valence-electron chi connectivity index (χ0n) is 20.5. The fourth-order valence-electron chi connectivity index (χ4n) is 6.28. The van der Waals surface area contributed by atoms with E-state index in [1.54, 1.807) is 0 Å². The van der Waals surface area contributed by atoms with Crippen LogP contribution in [0.3, 0.4) is 0 Å². The van der Waals surface area contributed by atoms with Crippen molar-refractivity contribution in [1.29, 1.82) is 0 Å². The van der Waals surface area contributed by atoms with Crippen LogP contribution in [0.5, 0.6) is 0 Å². The van der Waals surface area contributed by atoms with Gasteiger partial charge in [-0.2, -0.15) is 0 Å². The van der Waals surface area contributed by atoms with E-state index in [0.29, 0.717) is 17.8 Å². The molecule has 0 spiro atoms. The van der Waals surface area contributed by atoms with E-state index in [2.05, 4.69) is 10.2 Å². The molecule has 4 aliphatic rings. The fraction of sp³-hybridized carbons (Fsp3) is 0.241. The Hall–Kier alpha value is -4.50. The number of hydrogen-bond donors (Lipinski definition) is 1. The third-order valence-corrected chi connectivity index (χ3v) is 8.06. The molecule has 2 aromatic carbocycles. The quantitative estimate of drug-likeness (QED) is 0.531. The number of rotatable bonds is 4. The molecule has 3 atom stereocenters. The van der Waals surface area contributed by atoms with E-state index < -0.39 is 12.2 Å². The smallest absolute Gasteiger partial charge is 0.416 e. The number of carbonyl (C=O) groups excluding carboxylic acids is 4. The number of benzene rings is 2. The Morgan fingerprint density at radius 2 is 1.55 bits per heavy atom. The highest BCUT2D eigenvalue weighted by Gasteiger charge is 2.55. The van der Waals surface area contributed by atoms with Crippen LogP contribution < -0.4 is 5.32 Å². The van der Waals surface area contributed by atoms with Crippen molar-refractivity contribution in [2.75, 3.05) is 13.7 Å². The summed E-state index contributed by atoms with van der Waals surface area (Å²) in [4.78, 5) is 52.3. The summed E-state index contributed by atoms with van der Waals surface area (Å²) >= 11 is 0. The van der Waals surface area contributed by atoms with Gasteiger partial charge in [-0.15, -0.1) is 0 Å². The number of allylic oxidation sites excluding steroid dienone is 2. The molecule has 1 unspecified atom stereocenters. The predicted octanol–water partition coefficient (Wildman–Crippen LogP) is 3.97. The molecule has 38 heavy (non-hydrogen) atoms. The molecule has 2 amide bonds. The lowest BCUT2D eigenvalue weighted by Gasteiger charge is -2.14. The van der Waals surface area contributed by atoms with Crippen LogP contribution in [0, 0.1) is 0 Å². The van der Waals surface area contributed by atoms with Gasteiger partial charge in [0.05, 0.1) is 11.6 Å². The molecule has 1 saturated heterocycles. The summed E-state index contributed by atoms with van der Waals surface area (Å²) < 4.78 is 12.6. The molecule has 0 radical (unpaired) electrons. The molecular weight excluding hydrogens is 486 g/mol. The molecular formula is C29H23N3O6. The maximum atomic E-state index is 12.7. The Kier molecular flexibility index (Phi) is 4.93. The van der Waals surface area contributed by atoms with E-state index >= 15 is 0 Å². The molecule has 1 aromatic heterocycles. The SMILES string of the molecule is CN1[C@@H]2c3c(COC(=O)NC(=O)OCC4c5ccccc5-c5ccccc54)c4c(n3C[C@@H]21)C(=O)C=CC4=O. The van der Waals surface area contributed by atoms with E-state index in [1.165, 1.54) is 12.2 Å². The highest BCUT2D eigenvalue weighted by molar-refractivity contribution is 6.22. The number of nitrogens with one attached hydrogen (secondary N) is 1. The van der Waals surface area contributed by atoms with E-state index in [9.17, 15) is 19.2 Å². The summed E-state index contributed by atoms with van der Waals surface area (Å²) in [5.41, 5.74) is 6.30. The maximum absolute atomic E-state index is 12.7. The van der Waals surface area contributed by atoms with Gasteiger partial charge < -0.3 is 14.0 Å². The second kappa shape index (κ2) is 8.26. The van der Waals surface area contributed by atoms with Crippen molar-refractivity contribution >= 4 is 23.8 Å². The zero-order valence-corrected chi connectivity index (χ0v) is 20.5. The van der Waals surface area contributed by atoms with Gasteiger partial charge in [0.1, 0.15) is 18.9 Å². The van der Waals surface area contributed by atoms with Gasteiger partial charge in [0.25, 0.3) is 0 Å². The summed E-state index contributed by atoms with van der Waals surface area (Å²) in [5, 5.41) is 2.11. The van der Waals surface area contributed by atoms with E-state index in [4.69, 9.17) is 9.47 Å². The number of carbonyl (C=O) groups is 4. The zero-order chi connectivity index (χ0) is 26.1. The number of imide groups is 1. The van der Waals surface area contributed by atoms with Crippen LogP contribution in [0.1, 0.15) is 55.2 Å². The first kappa shape index (κ1) is 22.7. The summed E-state index contributed by atoms with van der Waals surface area (Å²) in [6.07, 6.45) is 0.617. The van der Waals surface area contributed by atoms with Gasteiger partial charge in [-0.05, 0) is 41.5 Å². The molecule has 7 rings (SSSR count). The van der Waals surface area contributed by atoms with Gasteiger partial charge in [-0.1, -0.05) is 48.5 Å². The molecule has 3 aromatic rings. The Labute approximate surface area is 217 Å². The maximum Gasteiger partial charge on any atom is 0.416 e. The van der Waals surface area contributed by atoms with Crippen LogP contribution in [0.4, 0.5) is 9.59 Å². The van der Waals surface area contributed by atoms with Gasteiger partial charge >= 0.3 is 12.2 Å². The average molecular weight is 510 g/mol. The molecule has 190 valence electrons. The van der Waals surface area contributed by atoms with Crippen LogP contribution >= 0.6 is 0 Å². The lowest BCUT2D eigenvalue weighted by atomic mass is 9.97. The minimum atomic E-state index is -0.986. The molecule has 2 aliphatic carbocycles. The molecule has 9 heteroatoms. The monoisotopic (exact) mass is 509 g/mol. The van der Waals surface area contributed by atoms with Crippen molar-refractivity contribution in [2.24, 2.45) is 0 Å². The van der Waals surface area contributed by atoms with E-state index in [-0.39, 0.29) is 48.3 Å². The number of amides is 2. The second-order valence-electron chi connectivity index (χ2n) is 9.96. The number of ether oxygens (including phenoxy) is 2. The summed E-state index contributed by atoms with van der Waals surface area (Å²) in [6.45, 7) is 0.431. The van der Waals surface area contributed by atoms with Crippen molar-refractivity contribution < 1.29 is 28.7 Å². The fourth-order valence-corrected chi connectivity index (χ4v) is 6.28. The Morgan fingerprint density at radius 3 is 2.26 bits per heavy atom. The lowest BCUT2D eigenvalue weighted by molar-refractivity contribution is 0.0985. The van der Waals surface area contributed by atoms with Crippen molar-refractivity contribution in [3.05, 3.63) is 94.3 Å². The third-order valence-electron chi connectivity index (χ3n) is 8.06. The molecule has 3 heterocycles. The van der Waals surface area contributed by atoms with Gasteiger partial charge in [0.2, 0.25) is 5.78 Å². The van der Waals surface area contributed by atoms with Crippen LogP contribution in [0.25, 0.3) is 11.1 Å². The van der Waals surface area contributed by atoms with Crippen LogP contribution in [-0.4, -0.2) is 52.9 Å². The molecule has 0 saturated carbocycles. The minimum Gasteiger partial charge on any atom is -0.448 e. The highest BCUT2D eigenvalue weighted by atomic mass is 16.6. The van der Waals surface area contributed by atoms with Gasteiger partial charge in [-0.25, -0.2) is 14.9 Å². The molecule has 1 fully saturated rings. The first-order valence-corrected chi connectivity index (χ1v) is 12.5. The summed E-state index contributed by atoms with van der Waals surface area (Å²) in [7, 11) is 1.97. The third kappa shape index (κ3) is 3.28.